The van der Waals surface area contributed by atoms with E-state index in [1.165, 1.54) is 25.0 Å². The first kappa shape index (κ1) is 12.7. The van der Waals surface area contributed by atoms with E-state index in [1.54, 1.807) is 6.07 Å². The van der Waals surface area contributed by atoms with Crippen molar-refractivity contribution < 1.29 is 9.90 Å². The number of carbonyl (C=O) groups excluding carboxylic acids is 1. The second-order valence-electron chi connectivity index (χ2n) is 5.20. The summed E-state index contributed by atoms with van der Waals surface area (Å²) in [6.07, 6.45) is 4.68. The molecule has 1 amide bonds. The van der Waals surface area contributed by atoms with Crippen LogP contribution in [0.4, 0.5) is 5.69 Å². The van der Waals surface area contributed by atoms with Gasteiger partial charge in [-0.15, -0.1) is 0 Å². The number of aromatic hydroxyl groups is 1. The molecule has 0 saturated heterocycles. The van der Waals surface area contributed by atoms with Gasteiger partial charge >= 0.3 is 0 Å². The standard InChI is InChI=1S/C14H20N2O2/c1-2-5-14(6-7-14)9-16-13(18)11-8-10(17)3-4-12(11)15/h3-4,8,17H,2,5-7,9,15H2,1H3,(H,16,18). The summed E-state index contributed by atoms with van der Waals surface area (Å²) >= 11 is 0. The summed E-state index contributed by atoms with van der Waals surface area (Å²) in [5, 5.41) is 12.3. The second kappa shape index (κ2) is 4.88. The molecule has 0 aromatic heterocycles. The first-order valence-electron chi connectivity index (χ1n) is 6.43. The summed E-state index contributed by atoms with van der Waals surface area (Å²) in [4.78, 5) is 12.0. The van der Waals surface area contributed by atoms with E-state index in [0.29, 0.717) is 23.2 Å². The van der Waals surface area contributed by atoms with E-state index >= 15 is 0 Å². The molecule has 0 bridgehead atoms. The monoisotopic (exact) mass is 248 g/mol. The predicted molar refractivity (Wildman–Crippen MR) is 71.4 cm³/mol. The van der Waals surface area contributed by atoms with Gasteiger partial charge in [0.15, 0.2) is 0 Å². The predicted octanol–water partition coefficient (Wildman–Crippen LogP) is 2.28. The van der Waals surface area contributed by atoms with E-state index in [4.69, 9.17) is 5.73 Å². The van der Waals surface area contributed by atoms with Gasteiger partial charge < -0.3 is 16.2 Å². The van der Waals surface area contributed by atoms with Crippen LogP contribution >= 0.6 is 0 Å². The third kappa shape index (κ3) is 2.75. The lowest BCUT2D eigenvalue weighted by atomic mass is 10.0. The number of carbonyl (C=O) groups is 1. The van der Waals surface area contributed by atoms with Crippen LogP contribution < -0.4 is 11.1 Å². The molecule has 0 unspecified atom stereocenters. The molecule has 1 saturated carbocycles. The van der Waals surface area contributed by atoms with Crippen LogP contribution in [0.1, 0.15) is 43.0 Å². The van der Waals surface area contributed by atoms with E-state index in [2.05, 4.69) is 12.2 Å². The Bertz CT molecular complexity index is 453. The van der Waals surface area contributed by atoms with Crippen LogP contribution in [0.5, 0.6) is 5.75 Å². The molecule has 0 spiro atoms. The zero-order valence-electron chi connectivity index (χ0n) is 10.7. The number of nitrogens with one attached hydrogen (secondary N) is 1. The molecule has 2 rings (SSSR count). The minimum Gasteiger partial charge on any atom is -0.508 e. The van der Waals surface area contributed by atoms with Crippen molar-refractivity contribution in [1.82, 2.24) is 5.32 Å². The number of hydrogen-bond donors (Lipinski definition) is 3. The van der Waals surface area contributed by atoms with Gasteiger partial charge in [-0.05, 0) is 42.9 Å². The maximum Gasteiger partial charge on any atom is 0.253 e. The van der Waals surface area contributed by atoms with Gasteiger partial charge in [0, 0.05) is 12.2 Å². The number of phenolic OH excluding ortho intramolecular Hbond substituents is 1. The number of anilines is 1. The molecule has 4 N–H and O–H groups in total. The molecule has 1 aromatic carbocycles. The van der Waals surface area contributed by atoms with Gasteiger partial charge in [-0.3, -0.25) is 4.79 Å². The summed E-state index contributed by atoms with van der Waals surface area (Å²) in [5.41, 5.74) is 6.79. The number of nitrogen functional groups attached to an aromatic ring is 1. The van der Waals surface area contributed by atoms with Gasteiger partial charge in [0.1, 0.15) is 5.75 Å². The third-order valence-corrected chi connectivity index (χ3v) is 3.64. The minimum atomic E-state index is -0.203. The lowest BCUT2D eigenvalue weighted by Crippen LogP contribution is -2.30. The number of benzene rings is 1. The molecule has 4 heteroatoms. The molecule has 1 aliphatic rings. The summed E-state index contributed by atoms with van der Waals surface area (Å²) in [6.45, 7) is 2.86. The molecule has 18 heavy (non-hydrogen) atoms. The Hall–Kier alpha value is -1.71. The smallest absolute Gasteiger partial charge is 0.253 e. The molecule has 1 fully saturated rings. The molecule has 4 nitrogen and oxygen atoms in total. The Morgan fingerprint density at radius 2 is 2.22 bits per heavy atom. The van der Waals surface area contributed by atoms with E-state index in [1.807, 2.05) is 0 Å². The highest BCUT2D eigenvalue weighted by molar-refractivity contribution is 5.99. The van der Waals surface area contributed by atoms with Crippen LogP contribution in [0.15, 0.2) is 18.2 Å². The molecule has 0 radical (unpaired) electrons. The van der Waals surface area contributed by atoms with Gasteiger partial charge in [0.2, 0.25) is 0 Å². The van der Waals surface area contributed by atoms with Crippen molar-refractivity contribution in [2.24, 2.45) is 5.41 Å². The van der Waals surface area contributed by atoms with Crippen molar-refractivity contribution in [3.8, 4) is 5.75 Å². The van der Waals surface area contributed by atoms with Crippen LogP contribution in [-0.2, 0) is 0 Å². The highest BCUT2D eigenvalue weighted by Gasteiger charge is 2.41. The molecular formula is C14H20N2O2. The fourth-order valence-corrected chi connectivity index (χ4v) is 2.33. The van der Waals surface area contributed by atoms with E-state index in [-0.39, 0.29) is 11.7 Å². The van der Waals surface area contributed by atoms with Crippen LogP contribution in [0.25, 0.3) is 0 Å². The van der Waals surface area contributed by atoms with Crippen LogP contribution in [0.2, 0.25) is 0 Å². The van der Waals surface area contributed by atoms with Gasteiger partial charge in [0.05, 0.1) is 5.56 Å². The molecule has 1 aromatic rings. The first-order valence-corrected chi connectivity index (χ1v) is 6.43. The minimum absolute atomic E-state index is 0.0593. The summed E-state index contributed by atoms with van der Waals surface area (Å²) in [5.74, 6) is -0.144. The zero-order chi connectivity index (χ0) is 13.2. The third-order valence-electron chi connectivity index (χ3n) is 3.64. The molecule has 1 aliphatic carbocycles. The number of rotatable bonds is 5. The fourth-order valence-electron chi connectivity index (χ4n) is 2.33. The number of amides is 1. The SMILES string of the molecule is CCCC1(CNC(=O)c2cc(O)ccc2N)CC1. The van der Waals surface area contributed by atoms with Gasteiger partial charge in [-0.1, -0.05) is 13.3 Å². The van der Waals surface area contributed by atoms with Crippen LogP contribution in [0.3, 0.4) is 0 Å². The van der Waals surface area contributed by atoms with Gasteiger partial charge in [0.25, 0.3) is 5.91 Å². The van der Waals surface area contributed by atoms with E-state index < -0.39 is 0 Å². The van der Waals surface area contributed by atoms with Crippen molar-refractivity contribution in [3.63, 3.8) is 0 Å². The Labute approximate surface area is 107 Å². The molecule has 0 aliphatic heterocycles. The van der Waals surface area contributed by atoms with Crippen LogP contribution in [0, 0.1) is 5.41 Å². The van der Waals surface area contributed by atoms with Crippen molar-refractivity contribution in [2.75, 3.05) is 12.3 Å². The van der Waals surface area contributed by atoms with E-state index in [9.17, 15) is 9.90 Å². The highest BCUT2D eigenvalue weighted by atomic mass is 16.3. The van der Waals surface area contributed by atoms with Crippen molar-refractivity contribution >= 4 is 11.6 Å². The summed E-state index contributed by atoms with van der Waals surface area (Å²) in [7, 11) is 0. The van der Waals surface area contributed by atoms with Crippen molar-refractivity contribution in [3.05, 3.63) is 23.8 Å². The van der Waals surface area contributed by atoms with E-state index in [0.717, 1.165) is 12.8 Å². The Kier molecular flexibility index (Phi) is 3.45. The van der Waals surface area contributed by atoms with Crippen molar-refractivity contribution in [1.29, 1.82) is 0 Å². The quantitative estimate of drug-likeness (QED) is 0.552. The maximum absolute atomic E-state index is 12.0. The Morgan fingerprint density at radius 1 is 1.50 bits per heavy atom. The molecular weight excluding hydrogens is 228 g/mol. The average Bonchev–Trinajstić information content (AvgIpc) is 3.10. The normalized spacial score (nSPS) is 16.3. The topological polar surface area (TPSA) is 75.3 Å². The summed E-state index contributed by atoms with van der Waals surface area (Å²) in [6, 6.07) is 4.43. The largest absolute Gasteiger partial charge is 0.508 e. The fraction of sp³-hybridized carbons (Fsp3) is 0.500. The lowest BCUT2D eigenvalue weighted by Gasteiger charge is -2.15. The lowest BCUT2D eigenvalue weighted by molar-refractivity contribution is 0.0944. The number of phenols is 1. The highest BCUT2D eigenvalue weighted by Crippen LogP contribution is 2.48. The van der Waals surface area contributed by atoms with Gasteiger partial charge in [-0.2, -0.15) is 0 Å². The Balaban J connectivity index is 1.98. The average molecular weight is 248 g/mol. The van der Waals surface area contributed by atoms with Gasteiger partial charge in [-0.25, -0.2) is 0 Å². The molecule has 0 atom stereocenters. The molecule has 98 valence electrons. The number of hydrogen-bond acceptors (Lipinski definition) is 3. The van der Waals surface area contributed by atoms with Crippen LogP contribution in [-0.4, -0.2) is 17.6 Å². The maximum atomic E-state index is 12.0. The summed E-state index contributed by atoms with van der Waals surface area (Å²) < 4.78 is 0. The zero-order valence-corrected chi connectivity index (χ0v) is 10.7. The van der Waals surface area contributed by atoms with Crippen molar-refractivity contribution in [2.45, 2.75) is 32.6 Å². The molecule has 0 heterocycles. The first-order chi connectivity index (χ1) is 8.56. The Morgan fingerprint density at radius 3 is 2.83 bits per heavy atom. The second-order valence-corrected chi connectivity index (χ2v) is 5.20. The number of nitrogens with two attached hydrogens (primary N) is 1.